The zero-order valence-electron chi connectivity index (χ0n) is 13.2. The summed E-state index contributed by atoms with van der Waals surface area (Å²) in [6.07, 6.45) is 4.27. The lowest BCUT2D eigenvalue weighted by Crippen LogP contribution is -2.31. The molecule has 2 rings (SSSR count). The quantitative estimate of drug-likeness (QED) is 0.903. The van der Waals surface area contributed by atoms with Crippen molar-refractivity contribution < 1.29 is 8.42 Å². The molecule has 0 saturated carbocycles. The fraction of sp³-hybridized carbons (Fsp3) is 0.733. The van der Waals surface area contributed by atoms with Crippen molar-refractivity contribution in [1.29, 1.82) is 0 Å². The molecule has 4 nitrogen and oxygen atoms in total. The van der Waals surface area contributed by atoms with Crippen molar-refractivity contribution in [3.05, 3.63) is 16.5 Å². The molecule has 0 bridgehead atoms. The first kappa shape index (κ1) is 16.9. The molecule has 1 N–H and O–H groups in total. The number of rotatable bonds is 5. The Kier molecular flexibility index (Phi) is 5.82. The van der Waals surface area contributed by atoms with E-state index in [2.05, 4.69) is 12.2 Å². The molecule has 120 valence electrons. The van der Waals surface area contributed by atoms with E-state index in [0.717, 1.165) is 42.7 Å². The van der Waals surface area contributed by atoms with Crippen LogP contribution >= 0.6 is 11.3 Å². The first-order valence-electron chi connectivity index (χ1n) is 7.73. The lowest BCUT2D eigenvalue weighted by atomic mass is 9.98. The van der Waals surface area contributed by atoms with Gasteiger partial charge in [0.1, 0.15) is 4.21 Å². The van der Waals surface area contributed by atoms with Crippen LogP contribution in [0.4, 0.5) is 0 Å². The summed E-state index contributed by atoms with van der Waals surface area (Å²) in [6, 6.07) is 1.83. The summed E-state index contributed by atoms with van der Waals surface area (Å²) < 4.78 is 27.8. The first-order chi connectivity index (χ1) is 9.98. The molecule has 1 aromatic rings. The van der Waals surface area contributed by atoms with Gasteiger partial charge >= 0.3 is 0 Å². The normalized spacial score (nSPS) is 21.4. The molecule has 0 aromatic carbocycles. The smallest absolute Gasteiger partial charge is 0.252 e. The van der Waals surface area contributed by atoms with E-state index in [4.69, 9.17) is 0 Å². The van der Waals surface area contributed by atoms with Crippen LogP contribution in [0.15, 0.2) is 10.3 Å². The minimum Gasteiger partial charge on any atom is -0.315 e. The number of aryl methyl sites for hydroxylation is 1. The minimum absolute atomic E-state index is 0.500. The zero-order chi connectivity index (χ0) is 15.5. The Labute approximate surface area is 132 Å². The van der Waals surface area contributed by atoms with E-state index in [0.29, 0.717) is 23.2 Å². The Morgan fingerprint density at radius 3 is 2.81 bits per heavy atom. The van der Waals surface area contributed by atoms with Crippen LogP contribution in [0.3, 0.4) is 0 Å². The highest BCUT2D eigenvalue weighted by atomic mass is 32.2. The molecule has 0 radical (unpaired) electrons. The van der Waals surface area contributed by atoms with Gasteiger partial charge < -0.3 is 5.32 Å². The molecule has 1 saturated heterocycles. The van der Waals surface area contributed by atoms with Crippen molar-refractivity contribution >= 4 is 21.4 Å². The van der Waals surface area contributed by atoms with Gasteiger partial charge in [0.25, 0.3) is 10.0 Å². The van der Waals surface area contributed by atoms with Gasteiger partial charge in [-0.1, -0.05) is 13.3 Å². The summed E-state index contributed by atoms with van der Waals surface area (Å²) in [4.78, 5) is 1.11. The Balaban J connectivity index is 2.19. The van der Waals surface area contributed by atoms with E-state index < -0.39 is 10.0 Å². The number of hydrogen-bond donors (Lipinski definition) is 1. The largest absolute Gasteiger partial charge is 0.315 e. The molecule has 1 aliphatic heterocycles. The summed E-state index contributed by atoms with van der Waals surface area (Å²) in [5.41, 5.74) is 1.06. The molecule has 1 unspecified atom stereocenters. The Hall–Kier alpha value is -0.430. The maximum Gasteiger partial charge on any atom is 0.252 e. The second-order valence-corrected chi connectivity index (χ2v) is 9.11. The molecule has 2 heterocycles. The summed E-state index contributed by atoms with van der Waals surface area (Å²) in [5.74, 6) is 0.676. The van der Waals surface area contributed by atoms with Gasteiger partial charge in [-0.3, -0.25) is 0 Å². The number of thiophene rings is 1. The van der Waals surface area contributed by atoms with Crippen molar-refractivity contribution in [1.82, 2.24) is 9.62 Å². The third-order valence-electron chi connectivity index (χ3n) is 4.31. The zero-order valence-corrected chi connectivity index (χ0v) is 14.8. The highest BCUT2D eigenvalue weighted by Gasteiger charge is 2.29. The molecule has 1 atom stereocenters. The van der Waals surface area contributed by atoms with Crippen molar-refractivity contribution in [3.8, 4) is 0 Å². The summed E-state index contributed by atoms with van der Waals surface area (Å²) in [7, 11) is -1.43. The summed E-state index contributed by atoms with van der Waals surface area (Å²) in [6.45, 7) is 6.24. The van der Waals surface area contributed by atoms with Gasteiger partial charge in [-0.15, -0.1) is 11.3 Å². The molecule has 0 spiro atoms. The number of nitrogens with one attached hydrogen (secondary N) is 1. The van der Waals surface area contributed by atoms with Crippen molar-refractivity contribution in [2.75, 3.05) is 20.1 Å². The monoisotopic (exact) mass is 330 g/mol. The molecular formula is C15H26N2O2S2. The van der Waals surface area contributed by atoms with Crippen molar-refractivity contribution in [2.45, 2.75) is 50.3 Å². The van der Waals surface area contributed by atoms with E-state index in [1.807, 2.05) is 20.0 Å². The summed E-state index contributed by atoms with van der Waals surface area (Å²) >= 11 is 1.41. The van der Waals surface area contributed by atoms with Gasteiger partial charge in [-0.2, -0.15) is 4.31 Å². The van der Waals surface area contributed by atoms with Crippen molar-refractivity contribution in [3.63, 3.8) is 0 Å². The van der Waals surface area contributed by atoms with Crippen LogP contribution in [0.1, 0.15) is 43.0 Å². The fourth-order valence-corrected chi connectivity index (χ4v) is 6.12. The SMILES string of the molecule is CCC1CCCN(S(=O)(=O)c2cc(C)c(CNC)s2)CC1. The molecule has 0 aliphatic carbocycles. The fourth-order valence-electron chi connectivity index (χ4n) is 2.87. The maximum absolute atomic E-state index is 12.8. The molecule has 1 aliphatic rings. The molecule has 1 fully saturated rings. The molecule has 0 amide bonds. The number of hydrogen-bond acceptors (Lipinski definition) is 4. The third kappa shape index (κ3) is 3.86. The average molecular weight is 331 g/mol. The minimum atomic E-state index is -3.31. The van der Waals surface area contributed by atoms with Crippen LogP contribution < -0.4 is 5.32 Å². The standard InChI is InChI=1S/C15H26N2O2S2/c1-4-13-6-5-8-17(9-7-13)21(18,19)15-10-12(2)14(20-15)11-16-3/h10,13,16H,4-9,11H2,1-3H3. The Morgan fingerprint density at radius 1 is 1.38 bits per heavy atom. The van der Waals surface area contributed by atoms with Crippen LogP contribution in [0.2, 0.25) is 0 Å². The number of sulfonamides is 1. The highest BCUT2D eigenvalue weighted by Crippen LogP contribution is 2.30. The predicted octanol–water partition coefficient (Wildman–Crippen LogP) is 2.98. The molecule has 21 heavy (non-hydrogen) atoms. The van der Waals surface area contributed by atoms with Crippen LogP contribution in [-0.2, 0) is 16.6 Å². The van der Waals surface area contributed by atoms with Gasteiger partial charge in [0.15, 0.2) is 0 Å². The predicted molar refractivity (Wildman–Crippen MR) is 88.2 cm³/mol. The van der Waals surface area contributed by atoms with Gasteiger partial charge in [0, 0.05) is 24.5 Å². The topological polar surface area (TPSA) is 49.4 Å². The van der Waals surface area contributed by atoms with E-state index in [1.54, 1.807) is 4.31 Å². The lowest BCUT2D eigenvalue weighted by molar-refractivity contribution is 0.408. The second kappa shape index (κ2) is 7.22. The van der Waals surface area contributed by atoms with Gasteiger partial charge in [-0.05, 0) is 50.8 Å². The van der Waals surface area contributed by atoms with Gasteiger partial charge in [0.2, 0.25) is 0 Å². The highest BCUT2D eigenvalue weighted by molar-refractivity contribution is 7.91. The molecule has 6 heteroatoms. The van der Waals surface area contributed by atoms with E-state index in [9.17, 15) is 8.42 Å². The van der Waals surface area contributed by atoms with Crippen LogP contribution in [0.5, 0.6) is 0 Å². The molecular weight excluding hydrogens is 304 g/mol. The summed E-state index contributed by atoms with van der Waals surface area (Å²) in [5, 5.41) is 3.09. The average Bonchev–Trinajstić information content (AvgIpc) is 2.69. The van der Waals surface area contributed by atoms with E-state index in [1.165, 1.54) is 11.3 Å². The number of nitrogens with zero attached hydrogens (tertiary/aromatic N) is 1. The Morgan fingerprint density at radius 2 is 2.14 bits per heavy atom. The van der Waals surface area contributed by atoms with Crippen LogP contribution in [-0.4, -0.2) is 32.9 Å². The third-order valence-corrected chi connectivity index (χ3v) is 7.90. The van der Waals surface area contributed by atoms with Crippen molar-refractivity contribution in [2.24, 2.45) is 5.92 Å². The first-order valence-corrected chi connectivity index (χ1v) is 9.98. The lowest BCUT2D eigenvalue weighted by Gasteiger charge is -2.19. The second-order valence-electron chi connectivity index (χ2n) is 5.81. The van der Waals surface area contributed by atoms with Crippen LogP contribution in [0.25, 0.3) is 0 Å². The van der Waals surface area contributed by atoms with Gasteiger partial charge in [-0.25, -0.2) is 8.42 Å². The maximum atomic E-state index is 12.8. The molecule has 1 aromatic heterocycles. The van der Waals surface area contributed by atoms with E-state index >= 15 is 0 Å². The van der Waals surface area contributed by atoms with Crippen LogP contribution in [0, 0.1) is 12.8 Å². The van der Waals surface area contributed by atoms with E-state index in [-0.39, 0.29) is 0 Å². The van der Waals surface area contributed by atoms with Gasteiger partial charge in [0.05, 0.1) is 0 Å². The Bertz CT molecular complexity index is 566.